The molecule has 1 saturated carbocycles. The van der Waals surface area contributed by atoms with Gasteiger partial charge >= 0.3 is 0 Å². The first-order valence-electron chi connectivity index (χ1n) is 5.93. The molecule has 17 heavy (non-hydrogen) atoms. The van der Waals surface area contributed by atoms with Crippen molar-refractivity contribution in [3.63, 3.8) is 0 Å². The van der Waals surface area contributed by atoms with E-state index in [1.807, 2.05) is 0 Å². The van der Waals surface area contributed by atoms with E-state index in [0.29, 0.717) is 17.2 Å². The molecule has 0 heterocycles. The molecule has 0 saturated heterocycles. The van der Waals surface area contributed by atoms with Gasteiger partial charge in [-0.15, -0.1) is 0 Å². The van der Waals surface area contributed by atoms with Crippen LogP contribution in [0.3, 0.4) is 0 Å². The average molecular weight is 258 g/mol. The van der Waals surface area contributed by atoms with Crippen molar-refractivity contribution in [3.8, 4) is 0 Å². The lowest BCUT2D eigenvalue weighted by molar-refractivity contribution is 0.0669. The minimum absolute atomic E-state index is 0.306. The van der Waals surface area contributed by atoms with E-state index in [1.54, 1.807) is 13.2 Å². The number of methoxy groups -OCH3 is 1. The number of ether oxygens (including phenoxy) is 1. The van der Waals surface area contributed by atoms with Gasteiger partial charge in [0.25, 0.3) is 0 Å². The highest BCUT2D eigenvalue weighted by Gasteiger charge is 2.21. The smallest absolute Gasteiger partial charge is 0.126 e. The maximum absolute atomic E-state index is 13.2. The molecule has 0 radical (unpaired) electrons. The summed E-state index contributed by atoms with van der Waals surface area (Å²) < 4.78 is 18.5. The van der Waals surface area contributed by atoms with Crippen molar-refractivity contribution in [2.75, 3.05) is 12.4 Å². The predicted molar refractivity (Wildman–Crippen MR) is 68.1 cm³/mol. The van der Waals surface area contributed by atoms with Gasteiger partial charge in [0.2, 0.25) is 0 Å². The van der Waals surface area contributed by atoms with Crippen LogP contribution in [0.1, 0.15) is 25.7 Å². The van der Waals surface area contributed by atoms with Crippen LogP contribution in [-0.4, -0.2) is 19.3 Å². The van der Waals surface area contributed by atoms with Crippen LogP contribution in [0.4, 0.5) is 10.1 Å². The molecular formula is C13H17ClFNO. The Morgan fingerprint density at radius 2 is 2.18 bits per heavy atom. The van der Waals surface area contributed by atoms with E-state index in [2.05, 4.69) is 5.32 Å². The highest BCUT2D eigenvalue weighted by atomic mass is 35.5. The van der Waals surface area contributed by atoms with Crippen LogP contribution in [-0.2, 0) is 4.74 Å². The molecule has 1 aromatic carbocycles. The quantitative estimate of drug-likeness (QED) is 0.888. The van der Waals surface area contributed by atoms with Gasteiger partial charge in [-0.3, -0.25) is 0 Å². The molecule has 1 aliphatic rings. The van der Waals surface area contributed by atoms with Gasteiger partial charge in [-0.2, -0.15) is 0 Å². The molecule has 2 nitrogen and oxygen atoms in total. The number of nitrogens with one attached hydrogen (secondary N) is 1. The molecule has 0 bridgehead atoms. The van der Waals surface area contributed by atoms with Crippen molar-refractivity contribution in [2.45, 2.75) is 37.8 Å². The maximum Gasteiger partial charge on any atom is 0.126 e. The Labute approximate surface area is 106 Å². The SMILES string of the molecule is COC1CCCC(Nc2cc(F)cc(Cl)c2)C1. The molecule has 2 rings (SSSR count). The van der Waals surface area contributed by atoms with Crippen molar-refractivity contribution in [3.05, 3.63) is 29.0 Å². The van der Waals surface area contributed by atoms with Gasteiger partial charge in [0.15, 0.2) is 0 Å². The highest BCUT2D eigenvalue weighted by Crippen LogP contribution is 2.25. The summed E-state index contributed by atoms with van der Waals surface area (Å²) >= 11 is 5.82. The lowest BCUT2D eigenvalue weighted by Crippen LogP contribution is -2.31. The summed E-state index contributed by atoms with van der Waals surface area (Å²) in [5.74, 6) is -0.306. The summed E-state index contributed by atoms with van der Waals surface area (Å²) in [6.45, 7) is 0. The van der Waals surface area contributed by atoms with Gasteiger partial charge < -0.3 is 10.1 Å². The molecule has 2 unspecified atom stereocenters. The van der Waals surface area contributed by atoms with Crippen LogP contribution in [0.25, 0.3) is 0 Å². The largest absolute Gasteiger partial charge is 0.382 e. The van der Waals surface area contributed by atoms with E-state index in [0.717, 1.165) is 31.4 Å². The molecule has 0 spiro atoms. The summed E-state index contributed by atoms with van der Waals surface area (Å²) in [4.78, 5) is 0. The Morgan fingerprint density at radius 1 is 1.35 bits per heavy atom. The van der Waals surface area contributed by atoms with E-state index in [4.69, 9.17) is 16.3 Å². The summed E-state index contributed by atoms with van der Waals surface area (Å²) in [5.41, 5.74) is 0.747. The number of benzene rings is 1. The van der Waals surface area contributed by atoms with Gasteiger partial charge in [0.1, 0.15) is 5.82 Å². The molecule has 0 aliphatic heterocycles. The van der Waals surface area contributed by atoms with E-state index < -0.39 is 0 Å². The lowest BCUT2D eigenvalue weighted by Gasteiger charge is -2.29. The van der Waals surface area contributed by atoms with Gasteiger partial charge in [-0.05, 0) is 43.9 Å². The van der Waals surface area contributed by atoms with Crippen LogP contribution >= 0.6 is 11.6 Å². The molecule has 0 aromatic heterocycles. The van der Waals surface area contributed by atoms with Crippen molar-refractivity contribution < 1.29 is 9.13 Å². The second kappa shape index (κ2) is 5.69. The minimum Gasteiger partial charge on any atom is -0.382 e. The first-order chi connectivity index (χ1) is 8.17. The Balaban J connectivity index is 2.00. The van der Waals surface area contributed by atoms with E-state index in [1.165, 1.54) is 12.1 Å². The number of anilines is 1. The molecule has 94 valence electrons. The topological polar surface area (TPSA) is 21.3 Å². The van der Waals surface area contributed by atoms with E-state index >= 15 is 0 Å². The second-order valence-electron chi connectivity index (χ2n) is 4.52. The fourth-order valence-corrected chi connectivity index (χ4v) is 2.58. The Hall–Kier alpha value is -0.800. The standard InChI is InChI=1S/C13H17ClFNO/c1-17-13-4-2-3-11(8-13)16-12-6-9(14)5-10(15)7-12/h5-7,11,13,16H,2-4,8H2,1H3. The lowest BCUT2D eigenvalue weighted by atomic mass is 9.92. The van der Waals surface area contributed by atoms with Gasteiger partial charge in [0, 0.05) is 23.9 Å². The number of hydrogen-bond donors (Lipinski definition) is 1. The van der Waals surface area contributed by atoms with Crippen molar-refractivity contribution in [2.24, 2.45) is 0 Å². The van der Waals surface area contributed by atoms with Crippen LogP contribution in [0.15, 0.2) is 18.2 Å². The zero-order valence-electron chi connectivity index (χ0n) is 9.88. The van der Waals surface area contributed by atoms with Gasteiger partial charge in [-0.1, -0.05) is 11.6 Å². The van der Waals surface area contributed by atoms with Crippen molar-refractivity contribution in [1.82, 2.24) is 0 Å². The minimum atomic E-state index is -0.306. The molecule has 2 atom stereocenters. The maximum atomic E-state index is 13.2. The van der Waals surface area contributed by atoms with E-state index in [9.17, 15) is 4.39 Å². The van der Waals surface area contributed by atoms with Crippen LogP contribution in [0.2, 0.25) is 5.02 Å². The van der Waals surface area contributed by atoms with Gasteiger partial charge in [-0.25, -0.2) is 4.39 Å². The van der Waals surface area contributed by atoms with Crippen molar-refractivity contribution in [1.29, 1.82) is 0 Å². The fourth-order valence-electron chi connectivity index (χ4n) is 2.36. The Kier molecular flexibility index (Phi) is 4.24. The molecule has 1 N–H and O–H groups in total. The molecule has 1 aliphatic carbocycles. The number of hydrogen-bond acceptors (Lipinski definition) is 2. The van der Waals surface area contributed by atoms with Crippen LogP contribution in [0.5, 0.6) is 0 Å². The monoisotopic (exact) mass is 257 g/mol. The molecule has 1 fully saturated rings. The molecule has 1 aromatic rings. The zero-order chi connectivity index (χ0) is 12.3. The Bertz CT molecular complexity index is 365. The summed E-state index contributed by atoms with van der Waals surface area (Å²) in [7, 11) is 1.74. The first-order valence-corrected chi connectivity index (χ1v) is 6.30. The van der Waals surface area contributed by atoms with Crippen molar-refractivity contribution >= 4 is 17.3 Å². The molecule has 0 amide bonds. The van der Waals surface area contributed by atoms with E-state index in [-0.39, 0.29) is 5.82 Å². The normalized spacial score (nSPS) is 24.6. The fraction of sp³-hybridized carbons (Fsp3) is 0.538. The first kappa shape index (κ1) is 12.7. The molecule has 4 heteroatoms. The third-order valence-electron chi connectivity index (χ3n) is 3.19. The third kappa shape index (κ3) is 3.58. The van der Waals surface area contributed by atoms with Crippen LogP contribution < -0.4 is 5.32 Å². The Morgan fingerprint density at radius 3 is 2.88 bits per heavy atom. The number of rotatable bonds is 3. The summed E-state index contributed by atoms with van der Waals surface area (Å²) in [6, 6.07) is 4.88. The second-order valence-corrected chi connectivity index (χ2v) is 4.96. The molecular weight excluding hydrogens is 241 g/mol. The predicted octanol–water partition coefficient (Wildman–Crippen LogP) is 3.85. The number of halogens is 2. The van der Waals surface area contributed by atoms with Crippen LogP contribution in [0, 0.1) is 5.82 Å². The summed E-state index contributed by atoms with van der Waals surface area (Å²) in [6.07, 6.45) is 4.61. The average Bonchev–Trinajstić information content (AvgIpc) is 2.28. The summed E-state index contributed by atoms with van der Waals surface area (Å²) in [5, 5.41) is 3.75. The highest BCUT2D eigenvalue weighted by molar-refractivity contribution is 6.30. The zero-order valence-corrected chi connectivity index (χ0v) is 10.6. The van der Waals surface area contributed by atoms with Gasteiger partial charge in [0.05, 0.1) is 6.10 Å². The third-order valence-corrected chi connectivity index (χ3v) is 3.41.